The maximum absolute atomic E-state index is 14.5. The summed E-state index contributed by atoms with van der Waals surface area (Å²) in [5.74, 6) is -1.29. The smallest absolute Gasteiger partial charge is 0.415 e. The van der Waals surface area contributed by atoms with E-state index in [0.717, 1.165) is 0 Å². The van der Waals surface area contributed by atoms with Gasteiger partial charge in [-0.2, -0.15) is 0 Å². The molecule has 0 spiro atoms. The van der Waals surface area contributed by atoms with Crippen LogP contribution in [0.5, 0.6) is 0 Å². The maximum atomic E-state index is 14.5. The number of primary amides is 1. The van der Waals surface area contributed by atoms with Crippen molar-refractivity contribution in [1.29, 1.82) is 0 Å². The van der Waals surface area contributed by atoms with Crippen molar-refractivity contribution in [2.45, 2.75) is 18.6 Å². The Kier molecular flexibility index (Phi) is 2.96. The van der Waals surface area contributed by atoms with Crippen molar-refractivity contribution in [3.05, 3.63) is 58.3 Å². The second-order valence-electron chi connectivity index (χ2n) is 5.72. The number of pyridine rings is 1. The van der Waals surface area contributed by atoms with Gasteiger partial charge in [-0.3, -0.25) is 14.5 Å². The molecule has 4 rings (SSSR count). The summed E-state index contributed by atoms with van der Waals surface area (Å²) in [6.45, 7) is 0. The van der Waals surface area contributed by atoms with Gasteiger partial charge < -0.3 is 15.0 Å². The highest BCUT2D eigenvalue weighted by Gasteiger charge is 2.50. The van der Waals surface area contributed by atoms with E-state index in [4.69, 9.17) is 10.5 Å². The van der Waals surface area contributed by atoms with Gasteiger partial charge in [-0.1, -0.05) is 0 Å². The van der Waals surface area contributed by atoms with E-state index in [1.807, 2.05) is 0 Å². The van der Waals surface area contributed by atoms with Crippen LogP contribution >= 0.6 is 0 Å². The summed E-state index contributed by atoms with van der Waals surface area (Å²) in [5.41, 5.74) is 6.41. The molecule has 2 atom stereocenters. The number of nitrogens with two attached hydrogens (primary N) is 1. The zero-order valence-corrected chi connectivity index (χ0v) is 12.3. The number of fused-ring (bicyclic) bond motifs is 3. The van der Waals surface area contributed by atoms with Crippen molar-refractivity contribution >= 4 is 17.7 Å². The summed E-state index contributed by atoms with van der Waals surface area (Å²) in [6.07, 6.45) is 1.50. The fraction of sp³-hybridized carbons (Fsp3) is 0.188. The van der Waals surface area contributed by atoms with Gasteiger partial charge in [0.25, 0.3) is 5.91 Å². The van der Waals surface area contributed by atoms with Crippen LogP contribution in [-0.2, 0) is 16.0 Å². The summed E-state index contributed by atoms with van der Waals surface area (Å²) in [6, 6.07) is 4.91. The van der Waals surface area contributed by atoms with Crippen LogP contribution in [0.4, 0.5) is 14.9 Å². The number of aromatic nitrogens is 1. The van der Waals surface area contributed by atoms with Gasteiger partial charge in [0.05, 0.1) is 17.4 Å². The van der Waals surface area contributed by atoms with Gasteiger partial charge in [0.15, 0.2) is 5.43 Å². The molecule has 2 aliphatic rings. The second-order valence-corrected chi connectivity index (χ2v) is 5.72. The average molecular weight is 329 g/mol. The third-order valence-corrected chi connectivity index (χ3v) is 4.30. The lowest BCUT2D eigenvalue weighted by molar-refractivity contribution is -0.125. The van der Waals surface area contributed by atoms with Crippen LogP contribution < -0.4 is 16.1 Å². The summed E-state index contributed by atoms with van der Waals surface area (Å²) < 4.78 is 20.9. The average Bonchev–Trinajstić information content (AvgIpc) is 3.05. The highest BCUT2D eigenvalue weighted by Crippen LogP contribution is 2.40. The van der Waals surface area contributed by atoms with E-state index >= 15 is 0 Å². The Balaban J connectivity index is 1.79. The number of anilines is 1. The molecule has 2 aliphatic heterocycles. The Morgan fingerprint density at radius 2 is 1.92 bits per heavy atom. The molecule has 1 fully saturated rings. The quantitative estimate of drug-likeness (QED) is 0.878. The molecular formula is C16H12FN3O4. The number of carbonyl (C=O) groups excluding carboxylic acids is 2. The monoisotopic (exact) mass is 329 g/mol. The first-order valence-electron chi connectivity index (χ1n) is 7.26. The van der Waals surface area contributed by atoms with Crippen LogP contribution in [0.3, 0.4) is 0 Å². The third-order valence-electron chi connectivity index (χ3n) is 4.30. The minimum Gasteiger partial charge on any atom is -0.433 e. The van der Waals surface area contributed by atoms with Crippen molar-refractivity contribution in [1.82, 2.24) is 4.57 Å². The number of amides is 2. The molecule has 0 radical (unpaired) electrons. The Morgan fingerprint density at radius 3 is 2.58 bits per heavy atom. The van der Waals surface area contributed by atoms with Gasteiger partial charge in [-0.25, -0.2) is 9.18 Å². The van der Waals surface area contributed by atoms with E-state index in [1.165, 1.54) is 40.1 Å². The number of halogens is 1. The number of rotatable bonds is 2. The minimum atomic E-state index is -1.05. The summed E-state index contributed by atoms with van der Waals surface area (Å²) in [5, 5.41) is 0. The summed E-state index contributed by atoms with van der Waals surface area (Å²) >= 11 is 0. The lowest BCUT2D eigenvalue weighted by Crippen LogP contribution is -2.41. The Labute approximate surface area is 135 Å². The van der Waals surface area contributed by atoms with Gasteiger partial charge in [0.1, 0.15) is 5.82 Å². The molecular weight excluding hydrogens is 317 g/mol. The molecule has 7 nitrogen and oxygen atoms in total. The van der Waals surface area contributed by atoms with Crippen molar-refractivity contribution in [3.63, 3.8) is 0 Å². The topological polar surface area (TPSA) is 94.6 Å². The zero-order chi connectivity index (χ0) is 17.0. The molecule has 0 aliphatic carbocycles. The maximum Gasteiger partial charge on any atom is 0.415 e. The molecule has 1 aromatic carbocycles. The number of benzene rings is 1. The lowest BCUT2D eigenvalue weighted by Gasteiger charge is -2.15. The first kappa shape index (κ1) is 14.4. The van der Waals surface area contributed by atoms with Gasteiger partial charge in [0.2, 0.25) is 6.10 Å². The van der Waals surface area contributed by atoms with Gasteiger partial charge in [-0.15, -0.1) is 0 Å². The third kappa shape index (κ3) is 1.99. The van der Waals surface area contributed by atoms with Crippen LogP contribution in [-0.4, -0.2) is 28.7 Å². The van der Waals surface area contributed by atoms with E-state index < -0.39 is 30.0 Å². The van der Waals surface area contributed by atoms with Crippen molar-refractivity contribution in [2.75, 3.05) is 4.90 Å². The fourth-order valence-electron chi connectivity index (χ4n) is 3.22. The lowest BCUT2D eigenvalue weighted by atomic mass is 10.0. The molecule has 0 saturated carbocycles. The molecule has 1 saturated heterocycles. The highest BCUT2D eigenvalue weighted by atomic mass is 19.1. The number of hydrogen-bond acceptors (Lipinski definition) is 4. The van der Waals surface area contributed by atoms with Gasteiger partial charge >= 0.3 is 6.09 Å². The predicted molar refractivity (Wildman–Crippen MR) is 81.4 cm³/mol. The summed E-state index contributed by atoms with van der Waals surface area (Å²) in [4.78, 5) is 35.9. The Morgan fingerprint density at radius 1 is 1.21 bits per heavy atom. The van der Waals surface area contributed by atoms with Crippen LogP contribution in [0.15, 0.2) is 41.5 Å². The number of carbonyl (C=O) groups is 2. The van der Waals surface area contributed by atoms with E-state index in [2.05, 4.69) is 0 Å². The second kappa shape index (κ2) is 4.92. The van der Waals surface area contributed by atoms with Crippen molar-refractivity contribution < 1.29 is 18.7 Å². The molecule has 24 heavy (non-hydrogen) atoms. The van der Waals surface area contributed by atoms with Crippen LogP contribution in [0.2, 0.25) is 0 Å². The van der Waals surface area contributed by atoms with E-state index in [1.54, 1.807) is 6.07 Å². The molecule has 2 N–H and O–H groups in total. The molecule has 8 heteroatoms. The van der Waals surface area contributed by atoms with Crippen LogP contribution in [0, 0.1) is 5.82 Å². The van der Waals surface area contributed by atoms with E-state index in [9.17, 15) is 18.8 Å². The zero-order valence-electron chi connectivity index (χ0n) is 12.3. The highest BCUT2D eigenvalue weighted by molar-refractivity contribution is 5.98. The molecule has 2 aromatic rings. The first-order chi connectivity index (χ1) is 11.5. The first-order valence-corrected chi connectivity index (χ1v) is 7.26. The minimum absolute atomic E-state index is 0.180. The van der Waals surface area contributed by atoms with Gasteiger partial charge in [-0.05, 0) is 18.1 Å². The number of hydrogen-bond donors (Lipinski definition) is 1. The van der Waals surface area contributed by atoms with Gasteiger partial charge in [0, 0.05) is 30.6 Å². The molecule has 122 valence electrons. The van der Waals surface area contributed by atoms with Crippen molar-refractivity contribution in [2.24, 2.45) is 5.73 Å². The SMILES string of the molecule is NC(=O)[C@@H]1OC(=O)N2c3cc(F)c(-n4ccc(=O)cc4)cc3C[C@@H]12. The normalized spacial score (nSPS) is 21.4. The molecule has 0 unspecified atom stereocenters. The Bertz CT molecular complexity index is 919. The standard InChI is InChI=1S/C16H12FN3O4/c17-10-7-11-8(5-12(10)19-3-1-9(21)2-4-19)6-13-14(15(18)22)24-16(23)20(11)13/h1-5,7,13-14H,6H2,(H2,18,22)/t13-,14+/m0/s1. The molecule has 1 aromatic heterocycles. The van der Waals surface area contributed by atoms with Crippen LogP contribution in [0.25, 0.3) is 5.69 Å². The van der Waals surface area contributed by atoms with Crippen LogP contribution in [0.1, 0.15) is 5.56 Å². The molecule has 2 amide bonds. The summed E-state index contributed by atoms with van der Waals surface area (Å²) in [7, 11) is 0. The number of ether oxygens (including phenoxy) is 1. The Hall–Kier alpha value is -3.16. The predicted octanol–water partition coefficient (Wildman–Crippen LogP) is 0.712. The van der Waals surface area contributed by atoms with Crippen molar-refractivity contribution in [3.8, 4) is 5.69 Å². The number of cyclic esters (lactones) is 1. The largest absolute Gasteiger partial charge is 0.433 e. The van der Waals surface area contributed by atoms with E-state index in [-0.39, 0.29) is 11.1 Å². The molecule has 0 bridgehead atoms. The number of nitrogens with zero attached hydrogens (tertiary/aromatic N) is 2. The fourth-order valence-corrected chi connectivity index (χ4v) is 3.22. The van der Waals surface area contributed by atoms with E-state index in [0.29, 0.717) is 17.7 Å². The molecule has 3 heterocycles.